The molecule has 1 aliphatic rings. The molecular weight excluding hydrogens is 236 g/mol. The second-order valence-electron chi connectivity index (χ2n) is 4.09. The SMILES string of the molecule is Cn1ccnc1SCC(=O)N1CCCNCC1. The number of thioether (sulfide) groups is 1. The van der Waals surface area contributed by atoms with Gasteiger partial charge in [-0.05, 0) is 13.0 Å². The molecule has 1 amide bonds. The lowest BCUT2D eigenvalue weighted by molar-refractivity contribution is -0.128. The van der Waals surface area contributed by atoms with Crippen LogP contribution in [0.3, 0.4) is 0 Å². The summed E-state index contributed by atoms with van der Waals surface area (Å²) in [5.41, 5.74) is 0. The summed E-state index contributed by atoms with van der Waals surface area (Å²) in [6.45, 7) is 3.60. The van der Waals surface area contributed by atoms with E-state index < -0.39 is 0 Å². The fraction of sp³-hybridized carbons (Fsp3) is 0.636. The second kappa shape index (κ2) is 6.07. The molecule has 0 bridgehead atoms. The maximum absolute atomic E-state index is 12.0. The average Bonchev–Trinajstić information content (AvgIpc) is 2.58. The Hall–Kier alpha value is -1.01. The van der Waals surface area contributed by atoms with Crippen molar-refractivity contribution in [1.29, 1.82) is 0 Å². The maximum atomic E-state index is 12.0. The lowest BCUT2D eigenvalue weighted by Gasteiger charge is -2.19. The first-order valence-electron chi connectivity index (χ1n) is 5.86. The van der Waals surface area contributed by atoms with Crippen molar-refractivity contribution in [1.82, 2.24) is 19.8 Å². The summed E-state index contributed by atoms with van der Waals surface area (Å²) < 4.78 is 1.93. The summed E-state index contributed by atoms with van der Waals surface area (Å²) in [5, 5.41) is 4.19. The van der Waals surface area contributed by atoms with Gasteiger partial charge in [0.1, 0.15) is 0 Å². The molecule has 1 fully saturated rings. The summed E-state index contributed by atoms with van der Waals surface area (Å²) >= 11 is 1.50. The summed E-state index contributed by atoms with van der Waals surface area (Å²) in [4.78, 5) is 18.1. The van der Waals surface area contributed by atoms with Crippen molar-refractivity contribution in [2.24, 2.45) is 7.05 Å². The zero-order chi connectivity index (χ0) is 12.1. The molecule has 2 rings (SSSR count). The van der Waals surface area contributed by atoms with Crippen LogP contribution >= 0.6 is 11.8 Å². The van der Waals surface area contributed by atoms with Gasteiger partial charge < -0.3 is 14.8 Å². The minimum Gasteiger partial charge on any atom is -0.341 e. The number of aryl methyl sites for hydroxylation is 1. The minimum atomic E-state index is 0.210. The Bertz CT molecular complexity index is 371. The molecule has 1 aromatic heterocycles. The number of nitrogens with one attached hydrogen (secondary N) is 1. The third-order valence-corrected chi connectivity index (χ3v) is 3.84. The van der Waals surface area contributed by atoms with Crippen molar-refractivity contribution in [3.63, 3.8) is 0 Å². The number of aromatic nitrogens is 2. The Kier molecular flexibility index (Phi) is 4.44. The molecule has 0 radical (unpaired) electrons. The van der Waals surface area contributed by atoms with Crippen LogP contribution in [0, 0.1) is 0 Å². The van der Waals surface area contributed by atoms with E-state index in [1.807, 2.05) is 22.7 Å². The molecule has 1 N–H and O–H groups in total. The minimum absolute atomic E-state index is 0.210. The quantitative estimate of drug-likeness (QED) is 0.790. The molecule has 6 heteroatoms. The van der Waals surface area contributed by atoms with Crippen molar-refractivity contribution < 1.29 is 4.79 Å². The smallest absolute Gasteiger partial charge is 0.233 e. The molecule has 0 atom stereocenters. The van der Waals surface area contributed by atoms with E-state index in [0.29, 0.717) is 5.75 Å². The molecule has 94 valence electrons. The van der Waals surface area contributed by atoms with Gasteiger partial charge in [0.05, 0.1) is 5.75 Å². The highest BCUT2D eigenvalue weighted by atomic mass is 32.2. The zero-order valence-electron chi connectivity index (χ0n) is 10.1. The van der Waals surface area contributed by atoms with Gasteiger partial charge >= 0.3 is 0 Å². The van der Waals surface area contributed by atoms with Crippen LogP contribution in [0.4, 0.5) is 0 Å². The van der Waals surface area contributed by atoms with Crippen molar-refractivity contribution in [3.8, 4) is 0 Å². The highest BCUT2D eigenvalue weighted by Crippen LogP contribution is 2.15. The number of rotatable bonds is 3. The monoisotopic (exact) mass is 254 g/mol. The van der Waals surface area contributed by atoms with Crippen LogP contribution in [0.5, 0.6) is 0 Å². The average molecular weight is 254 g/mol. The number of hydrogen-bond acceptors (Lipinski definition) is 4. The number of carbonyl (C=O) groups is 1. The first-order valence-corrected chi connectivity index (χ1v) is 6.84. The standard InChI is InChI=1S/C11H18N4OS/c1-14-7-5-13-11(14)17-9-10(16)15-6-2-3-12-4-8-15/h5,7,12H,2-4,6,8-9H2,1H3. The first kappa shape index (κ1) is 12.4. The number of amides is 1. The van der Waals surface area contributed by atoms with E-state index in [1.165, 1.54) is 11.8 Å². The van der Waals surface area contributed by atoms with Crippen molar-refractivity contribution in [2.75, 3.05) is 31.9 Å². The molecule has 5 nitrogen and oxygen atoms in total. The Morgan fingerprint density at radius 3 is 3.18 bits per heavy atom. The summed E-state index contributed by atoms with van der Waals surface area (Å²) in [6.07, 6.45) is 4.68. The van der Waals surface area contributed by atoms with Gasteiger partial charge in [-0.15, -0.1) is 0 Å². The van der Waals surface area contributed by atoms with E-state index in [0.717, 1.165) is 37.8 Å². The van der Waals surface area contributed by atoms with Gasteiger partial charge in [0.15, 0.2) is 5.16 Å². The molecule has 1 aromatic rings. The van der Waals surface area contributed by atoms with Gasteiger partial charge in [-0.2, -0.15) is 0 Å². The number of hydrogen-bond donors (Lipinski definition) is 1. The van der Waals surface area contributed by atoms with E-state index in [2.05, 4.69) is 10.3 Å². The Morgan fingerprint density at radius 2 is 2.41 bits per heavy atom. The summed E-state index contributed by atoms with van der Waals surface area (Å²) in [5.74, 6) is 0.687. The molecule has 1 saturated heterocycles. The van der Waals surface area contributed by atoms with Gasteiger partial charge in [0.2, 0.25) is 5.91 Å². The van der Waals surface area contributed by atoms with Gasteiger partial charge in [-0.1, -0.05) is 11.8 Å². The van der Waals surface area contributed by atoms with Crippen LogP contribution in [0.25, 0.3) is 0 Å². The fourth-order valence-electron chi connectivity index (χ4n) is 1.80. The largest absolute Gasteiger partial charge is 0.341 e. The van der Waals surface area contributed by atoms with Crippen LogP contribution in [0.15, 0.2) is 17.6 Å². The molecule has 1 aliphatic heterocycles. The van der Waals surface area contributed by atoms with E-state index in [-0.39, 0.29) is 5.91 Å². The highest BCUT2D eigenvalue weighted by Gasteiger charge is 2.15. The van der Waals surface area contributed by atoms with Gasteiger partial charge in [0, 0.05) is 39.1 Å². The molecule has 0 aromatic carbocycles. The molecule has 0 aliphatic carbocycles. The molecule has 17 heavy (non-hydrogen) atoms. The Morgan fingerprint density at radius 1 is 1.53 bits per heavy atom. The lowest BCUT2D eigenvalue weighted by Crippen LogP contribution is -2.35. The van der Waals surface area contributed by atoms with Gasteiger partial charge in [-0.25, -0.2) is 4.98 Å². The molecular formula is C11H18N4OS. The highest BCUT2D eigenvalue weighted by molar-refractivity contribution is 7.99. The van der Waals surface area contributed by atoms with Crippen molar-refractivity contribution in [3.05, 3.63) is 12.4 Å². The lowest BCUT2D eigenvalue weighted by atomic mass is 10.4. The fourth-order valence-corrected chi connectivity index (χ4v) is 2.64. The van der Waals surface area contributed by atoms with Crippen molar-refractivity contribution >= 4 is 17.7 Å². The van der Waals surface area contributed by atoms with E-state index in [4.69, 9.17) is 0 Å². The first-order chi connectivity index (χ1) is 8.27. The molecule has 0 saturated carbocycles. The maximum Gasteiger partial charge on any atom is 0.233 e. The third-order valence-electron chi connectivity index (χ3n) is 2.79. The summed E-state index contributed by atoms with van der Waals surface area (Å²) in [7, 11) is 1.94. The topological polar surface area (TPSA) is 50.2 Å². The summed E-state index contributed by atoms with van der Waals surface area (Å²) in [6, 6.07) is 0. The molecule has 0 unspecified atom stereocenters. The number of nitrogens with zero attached hydrogens (tertiary/aromatic N) is 3. The third kappa shape index (κ3) is 3.47. The van der Waals surface area contributed by atoms with Crippen LogP contribution in [-0.2, 0) is 11.8 Å². The number of carbonyl (C=O) groups excluding carboxylic acids is 1. The van der Waals surface area contributed by atoms with E-state index >= 15 is 0 Å². The Labute approximate surface area is 106 Å². The van der Waals surface area contributed by atoms with Crippen LogP contribution in [0.2, 0.25) is 0 Å². The number of imidazole rings is 1. The predicted molar refractivity (Wildman–Crippen MR) is 68.0 cm³/mol. The van der Waals surface area contributed by atoms with Gasteiger partial charge in [-0.3, -0.25) is 4.79 Å². The molecule has 2 heterocycles. The predicted octanol–water partition coefficient (Wildman–Crippen LogP) is 0.334. The van der Waals surface area contributed by atoms with Crippen molar-refractivity contribution in [2.45, 2.75) is 11.6 Å². The Balaban J connectivity index is 1.82. The van der Waals surface area contributed by atoms with Crippen LogP contribution < -0.4 is 5.32 Å². The van der Waals surface area contributed by atoms with E-state index in [9.17, 15) is 4.79 Å². The second-order valence-corrected chi connectivity index (χ2v) is 5.04. The zero-order valence-corrected chi connectivity index (χ0v) is 10.9. The normalized spacial score (nSPS) is 16.9. The van der Waals surface area contributed by atoms with Crippen LogP contribution in [0.1, 0.15) is 6.42 Å². The van der Waals surface area contributed by atoms with E-state index in [1.54, 1.807) is 6.20 Å². The molecule has 0 spiro atoms. The van der Waals surface area contributed by atoms with Crippen LogP contribution in [-0.4, -0.2) is 52.3 Å². The van der Waals surface area contributed by atoms with Gasteiger partial charge in [0.25, 0.3) is 0 Å².